The largest absolute Gasteiger partial charge is 0.329 e. The average molecular weight is 271 g/mol. The summed E-state index contributed by atoms with van der Waals surface area (Å²) in [5, 5.41) is 3.21. The number of rotatable bonds is 1. The van der Waals surface area contributed by atoms with Crippen LogP contribution in [-0.4, -0.2) is 43.6 Å². The zero-order valence-corrected chi connectivity index (χ0v) is 12.3. The Morgan fingerprint density at radius 2 is 2.10 bits per heavy atom. The van der Waals surface area contributed by atoms with E-state index >= 15 is 0 Å². The molecule has 0 saturated carbocycles. The quantitative estimate of drug-likeness (QED) is 0.845. The molecule has 2 heterocycles. The summed E-state index contributed by atoms with van der Waals surface area (Å²) in [6.07, 6.45) is 2.24. The number of nitrogens with one attached hydrogen (secondary N) is 1. The molecule has 0 fully saturated rings. The first kappa shape index (κ1) is 13.1. The summed E-state index contributed by atoms with van der Waals surface area (Å²) in [6, 6.07) is 8.54. The Bertz CT molecular complexity index is 563. The minimum Gasteiger partial charge on any atom is -0.329 e. The van der Waals surface area contributed by atoms with Crippen LogP contribution < -0.4 is 10.2 Å². The molecule has 1 unspecified atom stereocenters. The van der Waals surface area contributed by atoms with Crippen LogP contribution in [-0.2, 0) is 6.42 Å². The summed E-state index contributed by atoms with van der Waals surface area (Å²) in [5.74, 6) is 1.80. The molecule has 3 rings (SSSR count). The van der Waals surface area contributed by atoms with Gasteiger partial charge in [-0.3, -0.25) is 5.32 Å². The van der Waals surface area contributed by atoms with Crippen molar-refractivity contribution in [1.82, 2.24) is 10.2 Å². The molecule has 5 heteroatoms. The van der Waals surface area contributed by atoms with Crippen molar-refractivity contribution in [2.45, 2.75) is 26.1 Å². The van der Waals surface area contributed by atoms with E-state index in [4.69, 9.17) is 4.99 Å². The maximum absolute atomic E-state index is 4.72. The van der Waals surface area contributed by atoms with Gasteiger partial charge in [-0.15, -0.1) is 0 Å². The van der Waals surface area contributed by atoms with Gasteiger partial charge in [0, 0.05) is 19.3 Å². The third-order valence-corrected chi connectivity index (χ3v) is 3.99. The predicted molar refractivity (Wildman–Crippen MR) is 83.3 cm³/mol. The Hall–Kier alpha value is -1.88. The molecule has 0 spiro atoms. The summed E-state index contributed by atoms with van der Waals surface area (Å²) < 4.78 is 0. The van der Waals surface area contributed by atoms with Crippen LogP contribution in [0.1, 0.15) is 18.9 Å². The summed E-state index contributed by atoms with van der Waals surface area (Å²) in [5.41, 5.74) is 2.63. The number of fused-ring (bicyclic) bond motifs is 1. The Labute approximate surface area is 120 Å². The van der Waals surface area contributed by atoms with Gasteiger partial charge in [-0.2, -0.15) is 0 Å². The van der Waals surface area contributed by atoms with Gasteiger partial charge in [0.15, 0.2) is 6.29 Å². The van der Waals surface area contributed by atoms with Crippen LogP contribution in [0.4, 0.5) is 5.69 Å². The van der Waals surface area contributed by atoms with E-state index in [1.807, 2.05) is 25.9 Å². The number of amidine groups is 1. The fourth-order valence-corrected chi connectivity index (χ4v) is 2.76. The summed E-state index contributed by atoms with van der Waals surface area (Å²) >= 11 is 0. The number of benzene rings is 1. The first-order chi connectivity index (χ1) is 9.70. The zero-order chi connectivity index (χ0) is 14.1. The summed E-state index contributed by atoms with van der Waals surface area (Å²) in [7, 11) is 3.93. The van der Waals surface area contributed by atoms with Crippen molar-refractivity contribution in [2.24, 2.45) is 9.98 Å². The maximum Gasteiger partial charge on any atom is 0.230 e. The number of anilines is 1. The third kappa shape index (κ3) is 2.18. The molecule has 0 bridgehead atoms. The van der Waals surface area contributed by atoms with Crippen LogP contribution in [0.25, 0.3) is 0 Å². The SMILES string of the molecule is CNC1N=C(N2CCCc3ccccc32)N=C(C)N1C. The van der Waals surface area contributed by atoms with E-state index in [9.17, 15) is 0 Å². The van der Waals surface area contributed by atoms with Gasteiger partial charge >= 0.3 is 0 Å². The molecule has 5 nitrogen and oxygen atoms in total. The van der Waals surface area contributed by atoms with Crippen LogP contribution in [0.15, 0.2) is 34.3 Å². The summed E-state index contributed by atoms with van der Waals surface area (Å²) in [6.45, 7) is 3.00. The molecule has 1 N–H and O–H groups in total. The highest BCUT2D eigenvalue weighted by molar-refractivity contribution is 6.05. The van der Waals surface area contributed by atoms with E-state index in [1.54, 1.807) is 0 Å². The van der Waals surface area contributed by atoms with Gasteiger partial charge in [-0.05, 0) is 38.4 Å². The monoisotopic (exact) mass is 271 g/mol. The minimum absolute atomic E-state index is 0.0448. The number of hydrogen-bond donors (Lipinski definition) is 1. The van der Waals surface area contributed by atoms with Gasteiger partial charge in [-0.25, -0.2) is 9.98 Å². The van der Waals surface area contributed by atoms with Gasteiger partial charge in [0.05, 0.1) is 0 Å². The lowest BCUT2D eigenvalue weighted by Gasteiger charge is -2.35. The summed E-state index contributed by atoms with van der Waals surface area (Å²) in [4.78, 5) is 13.7. The molecule has 1 aromatic carbocycles. The highest BCUT2D eigenvalue weighted by atomic mass is 15.4. The van der Waals surface area contributed by atoms with Crippen molar-refractivity contribution in [3.63, 3.8) is 0 Å². The molecule has 106 valence electrons. The Morgan fingerprint density at radius 3 is 2.90 bits per heavy atom. The van der Waals surface area contributed by atoms with Gasteiger partial charge in [0.2, 0.25) is 5.96 Å². The van der Waals surface area contributed by atoms with Crippen LogP contribution in [0.3, 0.4) is 0 Å². The van der Waals surface area contributed by atoms with E-state index in [-0.39, 0.29) is 6.29 Å². The lowest BCUT2D eigenvalue weighted by Crippen LogP contribution is -2.49. The first-order valence-electron chi connectivity index (χ1n) is 7.09. The highest BCUT2D eigenvalue weighted by Gasteiger charge is 2.26. The zero-order valence-electron chi connectivity index (χ0n) is 12.3. The second-order valence-electron chi connectivity index (χ2n) is 5.25. The third-order valence-electron chi connectivity index (χ3n) is 3.99. The van der Waals surface area contributed by atoms with Gasteiger partial charge in [0.25, 0.3) is 0 Å². The van der Waals surface area contributed by atoms with Crippen molar-refractivity contribution < 1.29 is 0 Å². The van der Waals surface area contributed by atoms with Gasteiger partial charge in [0.1, 0.15) is 5.84 Å². The van der Waals surface area contributed by atoms with E-state index in [2.05, 4.69) is 39.5 Å². The van der Waals surface area contributed by atoms with E-state index in [0.29, 0.717) is 0 Å². The normalized spacial score (nSPS) is 22.2. The molecule has 0 aromatic heterocycles. The Kier molecular flexibility index (Phi) is 3.44. The first-order valence-corrected chi connectivity index (χ1v) is 7.09. The Balaban J connectivity index is 1.98. The standard InChI is InChI=1S/C15H21N5/c1-11-17-15(18-14(16-2)19(11)3)20-10-6-8-12-7-4-5-9-13(12)20/h4-5,7,9,14,16H,6,8,10H2,1-3H3. The molecule has 0 amide bonds. The molecule has 1 aromatic rings. The molecule has 2 aliphatic heterocycles. The number of aryl methyl sites for hydroxylation is 1. The Morgan fingerprint density at radius 1 is 1.30 bits per heavy atom. The number of aliphatic imine (C=N–C) groups is 2. The molecule has 1 atom stereocenters. The number of para-hydroxylation sites is 1. The number of hydrogen-bond acceptors (Lipinski definition) is 5. The molecule has 2 aliphatic rings. The smallest absolute Gasteiger partial charge is 0.230 e. The fourth-order valence-electron chi connectivity index (χ4n) is 2.76. The second kappa shape index (κ2) is 5.25. The maximum atomic E-state index is 4.72. The van der Waals surface area contributed by atoms with E-state index < -0.39 is 0 Å². The van der Waals surface area contributed by atoms with Crippen LogP contribution >= 0.6 is 0 Å². The molecular weight excluding hydrogens is 250 g/mol. The van der Waals surface area contributed by atoms with Crippen molar-refractivity contribution >= 4 is 17.5 Å². The lowest BCUT2D eigenvalue weighted by molar-refractivity contribution is 0.327. The van der Waals surface area contributed by atoms with Crippen LogP contribution in [0.5, 0.6) is 0 Å². The van der Waals surface area contributed by atoms with Crippen molar-refractivity contribution in [3.8, 4) is 0 Å². The van der Waals surface area contributed by atoms with E-state index in [0.717, 1.165) is 31.2 Å². The predicted octanol–water partition coefficient (Wildman–Crippen LogP) is 1.66. The fraction of sp³-hybridized carbons (Fsp3) is 0.467. The molecular formula is C15H21N5. The second-order valence-corrected chi connectivity index (χ2v) is 5.25. The van der Waals surface area contributed by atoms with Crippen molar-refractivity contribution in [3.05, 3.63) is 29.8 Å². The average Bonchev–Trinajstić information content (AvgIpc) is 2.49. The molecule has 0 aliphatic carbocycles. The van der Waals surface area contributed by atoms with Crippen molar-refractivity contribution in [1.29, 1.82) is 0 Å². The van der Waals surface area contributed by atoms with Crippen LogP contribution in [0, 0.1) is 0 Å². The minimum atomic E-state index is -0.0448. The highest BCUT2D eigenvalue weighted by Crippen LogP contribution is 2.28. The molecule has 0 radical (unpaired) electrons. The van der Waals surface area contributed by atoms with Gasteiger partial charge in [-0.1, -0.05) is 18.2 Å². The molecule has 20 heavy (non-hydrogen) atoms. The molecule has 0 saturated heterocycles. The van der Waals surface area contributed by atoms with Crippen LogP contribution in [0.2, 0.25) is 0 Å². The number of nitrogens with zero attached hydrogens (tertiary/aromatic N) is 4. The number of guanidine groups is 1. The van der Waals surface area contributed by atoms with Crippen molar-refractivity contribution in [2.75, 3.05) is 25.5 Å². The van der Waals surface area contributed by atoms with E-state index in [1.165, 1.54) is 11.3 Å². The topological polar surface area (TPSA) is 43.2 Å². The lowest BCUT2D eigenvalue weighted by atomic mass is 10.0. The van der Waals surface area contributed by atoms with Gasteiger partial charge < -0.3 is 9.80 Å².